The zero-order valence-electron chi connectivity index (χ0n) is 14.4. The molecular formula is C16H13F6N5O2. The molecule has 1 saturated heterocycles. The third-order valence-corrected chi connectivity index (χ3v) is 3.86. The van der Waals surface area contributed by atoms with Crippen LogP contribution in [0.2, 0.25) is 0 Å². The maximum Gasteiger partial charge on any atom is 0.416 e. The van der Waals surface area contributed by atoms with E-state index in [1.54, 1.807) is 0 Å². The monoisotopic (exact) mass is 421 g/mol. The number of β-amino-alcohol motifs (C(OH)–C–C–N with tert-alkyl or cyclic N) is 1. The first-order valence-electron chi connectivity index (χ1n) is 8.04. The molecule has 7 nitrogen and oxygen atoms in total. The fourth-order valence-corrected chi connectivity index (χ4v) is 2.45. The number of aliphatic hydroxyl groups excluding tert-OH is 1. The average molecular weight is 421 g/mol. The molecule has 0 atom stereocenters. The Labute approximate surface area is 159 Å². The first-order valence-corrected chi connectivity index (χ1v) is 8.04. The predicted octanol–water partition coefficient (Wildman–Crippen LogP) is 2.16. The molecular weight excluding hydrogens is 408 g/mol. The highest BCUT2D eigenvalue weighted by Crippen LogP contribution is 2.38. The number of amides is 1. The van der Waals surface area contributed by atoms with Gasteiger partial charge in [-0.15, -0.1) is 5.10 Å². The molecule has 0 unspecified atom stereocenters. The molecule has 2 heterocycles. The third kappa shape index (κ3) is 5.12. The number of halogens is 6. The topological polar surface area (TPSA) is 83.3 Å². The smallest absolute Gasteiger partial charge is 0.390 e. The number of alkyl halides is 6. The Hall–Kier alpha value is -2.93. The Morgan fingerprint density at radius 3 is 2.21 bits per heavy atom. The van der Waals surface area contributed by atoms with Crippen LogP contribution in [-0.2, 0) is 17.1 Å². The van der Waals surface area contributed by atoms with Crippen molar-refractivity contribution in [2.75, 3.05) is 13.1 Å². The van der Waals surface area contributed by atoms with Crippen LogP contribution in [0.4, 0.5) is 26.3 Å². The van der Waals surface area contributed by atoms with Crippen molar-refractivity contribution in [1.82, 2.24) is 25.2 Å². The van der Waals surface area contributed by atoms with E-state index in [1.165, 1.54) is 5.01 Å². The van der Waals surface area contributed by atoms with Gasteiger partial charge in [0.15, 0.2) is 5.82 Å². The van der Waals surface area contributed by atoms with Gasteiger partial charge < -0.3 is 5.11 Å². The second-order valence-corrected chi connectivity index (χ2v) is 6.19. The summed E-state index contributed by atoms with van der Waals surface area (Å²) in [4.78, 5) is 15.4. The Morgan fingerprint density at radius 1 is 1.10 bits per heavy atom. The van der Waals surface area contributed by atoms with Gasteiger partial charge >= 0.3 is 12.4 Å². The van der Waals surface area contributed by atoms with Crippen LogP contribution in [0, 0.1) is 0 Å². The predicted molar refractivity (Wildman–Crippen MR) is 86.5 cm³/mol. The molecule has 0 bridgehead atoms. The van der Waals surface area contributed by atoms with Gasteiger partial charge in [-0.3, -0.25) is 10.2 Å². The summed E-state index contributed by atoms with van der Waals surface area (Å²) >= 11 is 0. The molecule has 29 heavy (non-hydrogen) atoms. The van der Waals surface area contributed by atoms with Crippen LogP contribution in [0.15, 0.2) is 30.6 Å². The van der Waals surface area contributed by atoms with Crippen LogP contribution in [-0.4, -0.2) is 50.0 Å². The van der Waals surface area contributed by atoms with Gasteiger partial charge in [0.05, 0.1) is 17.2 Å². The molecule has 1 aliphatic heterocycles. The summed E-state index contributed by atoms with van der Waals surface area (Å²) in [6.45, 7) is 0.536. The Bertz CT molecular complexity index is 898. The minimum atomic E-state index is -4.99. The number of hydrogen-bond acceptors (Lipinski definition) is 5. The number of carbonyl (C=O) groups excluding carboxylic acids is 1. The first-order chi connectivity index (χ1) is 13.4. The van der Waals surface area contributed by atoms with Crippen LogP contribution in [0.3, 0.4) is 0 Å². The zero-order chi connectivity index (χ0) is 21.4. The van der Waals surface area contributed by atoms with E-state index in [-0.39, 0.29) is 25.0 Å². The maximum atomic E-state index is 12.9. The number of aliphatic hydroxyl groups is 1. The molecule has 1 aromatic heterocycles. The van der Waals surface area contributed by atoms with E-state index in [0.717, 1.165) is 23.3 Å². The normalized spacial score (nSPS) is 16.2. The maximum absolute atomic E-state index is 12.9. The summed E-state index contributed by atoms with van der Waals surface area (Å²) in [5.41, 5.74) is -0.996. The highest BCUT2D eigenvalue weighted by Gasteiger charge is 2.37. The summed E-state index contributed by atoms with van der Waals surface area (Å²) in [7, 11) is 0. The molecule has 0 spiro atoms. The summed E-state index contributed by atoms with van der Waals surface area (Å²) in [6.07, 6.45) is -7.30. The number of hydrazine groups is 1. The van der Waals surface area contributed by atoms with Gasteiger partial charge in [0.25, 0.3) is 5.91 Å². The van der Waals surface area contributed by atoms with Crippen molar-refractivity contribution in [2.45, 2.75) is 18.5 Å². The molecule has 1 fully saturated rings. The molecule has 3 rings (SSSR count). The molecule has 1 aromatic carbocycles. The number of hydrogen-bond donors (Lipinski definition) is 2. The van der Waals surface area contributed by atoms with E-state index in [4.69, 9.17) is 5.11 Å². The lowest BCUT2D eigenvalue weighted by atomic mass is 10.0. The van der Waals surface area contributed by atoms with Crippen molar-refractivity contribution in [3.05, 3.63) is 41.7 Å². The van der Waals surface area contributed by atoms with Gasteiger partial charge in [0, 0.05) is 30.9 Å². The standard InChI is InChI=1S/C16H13F6N5O2/c17-15(18,19)10-3-9(4-11(5-10)16(20,21)22)14-23-8-26(25-14)2-1-13(29)24-27-6-12(28)7-27/h1-5,8,12,28H,6-7H2,(H,24,29). The number of nitrogens with zero attached hydrogens (tertiary/aromatic N) is 4. The minimum absolute atomic E-state index is 0.0114. The minimum Gasteiger partial charge on any atom is -0.390 e. The lowest BCUT2D eigenvalue weighted by Gasteiger charge is -2.35. The highest BCUT2D eigenvalue weighted by molar-refractivity contribution is 5.89. The fourth-order valence-electron chi connectivity index (χ4n) is 2.45. The number of rotatable bonds is 4. The van der Waals surface area contributed by atoms with Gasteiger partial charge in [0.2, 0.25) is 0 Å². The SMILES string of the molecule is O=C(C=Cn1cnc(-c2cc(C(F)(F)F)cc(C(F)(F)F)c2)n1)NN1CC(O)C1. The first kappa shape index (κ1) is 20.8. The molecule has 2 N–H and O–H groups in total. The van der Waals surface area contributed by atoms with Crippen molar-refractivity contribution in [2.24, 2.45) is 0 Å². The van der Waals surface area contributed by atoms with Crippen molar-refractivity contribution in [3.8, 4) is 11.4 Å². The molecule has 1 amide bonds. The lowest BCUT2D eigenvalue weighted by Crippen LogP contribution is -2.58. The summed E-state index contributed by atoms with van der Waals surface area (Å²) in [5, 5.41) is 14.3. The van der Waals surface area contributed by atoms with E-state index < -0.39 is 41.1 Å². The molecule has 2 aromatic rings. The van der Waals surface area contributed by atoms with Crippen LogP contribution in [0.1, 0.15) is 11.1 Å². The van der Waals surface area contributed by atoms with E-state index in [2.05, 4.69) is 15.5 Å². The lowest BCUT2D eigenvalue weighted by molar-refractivity contribution is -0.143. The van der Waals surface area contributed by atoms with Crippen LogP contribution in [0.5, 0.6) is 0 Å². The van der Waals surface area contributed by atoms with Crippen LogP contribution < -0.4 is 5.43 Å². The molecule has 13 heteroatoms. The van der Waals surface area contributed by atoms with Crippen LogP contribution >= 0.6 is 0 Å². The molecule has 0 aliphatic carbocycles. The van der Waals surface area contributed by atoms with Gasteiger partial charge in [-0.1, -0.05) is 0 Å². The molecule has 0 saturated carbocycles. The van der Waals surface area contributed by atoms with Gasteiger partial charge in [-0.2, -0.15) is 26.3 Å². The van der Waals surface area contributed by atoms with E-state index in [9.17, 15) is 31.1 Å². The quantitative estimate of drug-likeness (QED) is 0.584. The Morgan fingerprint density at radius 2 is 1.69 bits per heavy atom. The second kappa shape index (κ2) is 7.48. The van der Waals surface area contributed by atoms with Crippen molar-refractivity contribution in [1.29, 1.82) is 0 Å². The van der Waals surface area contributed by atoms with Crippen molar-refractivity contribution < 1.29 is 36.2 Å². The third-order valence-electron chi connectivity index (χ3n) is 3.86. The highest BCUT2D eigenvalue weighted by atomic mass is 19.4. The molecule has 156 valence electrons. The Balaban J connectivity index is 1.80. The summed E-state index contributed by atoms with van der Waals surface area (Å²) < 4.78 is 78.6. The summed E-state index contributed by atoms with van der Waals surface area (Å²) in [6, 6.07) is 1.04. The molecule has 1 aliphatic rings. The van der Waals surface area contributed by atoms with E-state index in [0.29, 0.717) is 12.1 Å². The van der Waals surface area contributed by atoms with E-state index in [1.807, 2.05) is 0 Å². The summed E-state index contributed by atoms with van der Waals surface area (Å²) in [5.74, 6) is -0.940. The number of nitrogens with one attached hydrogen (secondary N) is 1. The van der Waals surface area contributed by atoms with Crippen molar-refractivity contribution in [3.63, 3.8) is 0 Å². The number of benzene rings is 1. The fraction of sp³-hybridized carbons (Fsp3) is 0.312. The van der Waals surface area contributed by atoms with Crippen molar-refractivity contribution >= 4 is 12.1 Å². The Kier molecular flexibility index (Phi) is 5.36. The number of aromatic nitrogens is 3. The van der Waals surface area contributed by atoms with E-state index >= 15 is 0 Å². The van der Waals surface area contributed by atoms with Gasteiger partial charge in [-0.25, -0.2) is 14.7 Å². The average Bonchev–Trinajstić information content (AvgIpc) is 3.06. The largest absolute Gasteiger partial charge is 0.416 e. The van der Waals surface area contributed by atoms with Crippen LogP contribution in [0.25, 0.3) is 17.6 Å². The molecule has 0 radical (unpaired) electrons. The van der Waals surface area contributed by atoms with Gasteiger partial charge in [0.1, 0.15) is 6.33 Å². The zero-order valence-corrected chi connectivity index (χ0v) is 14.4. The van der Waals surface area contributed by atoms with Gasteiger partial charge in [-0.05, 0) is 18.2 Å². The number of carbonyl (C=O) groups is 1. The second-order valence-electron chi connectivity index (χ2n) is 6.19.